The van der Waals surface area contributed by atoms with Gasteiger partial charge >= 0.3 is 12.4 Å². The maximum absolute atomic E-state index is 13.7. The van der Waals surface area contributed by atoms with E-state index < -0.39 is 43.0 Å². The number of hydrogen-bond donors (Lipinski definition) is 3. The summed E-state index contributed by atoms with van der Waals surface area (Å²) in [5.74, 6) is -3.37. The molecule has 1 amide bonds. The van der Waals surface area contributed by atoms with Crippen molar-refractivity contribution in [3.8, 4) is 0 Å². The van der Waals surface area contributed by atoms with E-state index in [0.717, 1.165) is 24.3 Å². The van der Waals surface area contributed by atoms with Crippen LogP contribution in [-0.2, 0) is 4.79 Å². The van der Waals surface area contributed by atoms with Crippen molar-refractivity contribution in [1.29, 1.82) is 0 Å². The molecule has 0 radical (unpaired) electrons. The van der Waals surface area contributed by atoms with Crippen molar-refractivity contribution in [3.63, 3.8) is 0 Å². The fourth-order valence-electron chi connectivity index (χ4n) is 3.08. The van der Waals surface area contributed by atoms with E-state index in [1.165, 1.54) is 25.1 Å². The second kappa shape index (κ2) is 12.2. The summed E-state index contributed by atoms with van der Waals surface area (Å²) in [6, 6.07) is 6.07. The van der Waals surface area contributed by atoms with Gasteiger partial charge in [-0.2, -0.15) is 26.3 Å². The van der Waals surface area contributed by atoms with Crippen LogP contribution >= 0.6 is 46.4 Å². The van der Waals surface area contributed by atoms with Gasteiger partial charge in [0.1, 0.15) is 12.6 Å². The van der Waals surface area contributed by atoms with Gasteiger partial charge in [0.25, 0.3) is 0 Å². The molecule has 0 fully saturated rings. The van der Waals surface area contributed by atoms with Crippen LogP contribution in [0.4, 0.5) is 26.3 Å². The molecule has 3 atom stereocenters. The Morgan fingerprint density at radius 3 is 2.08 bits per heavy atom. The highest BCUT2D eigenvalue weighted by atomic mass is 35.5. The summed E-state index contributed by atoms with van der Waals surface area (Å²) in [7, 11) is 0. The average molecular weight is 598 g/mol. The topological polar surface area (TPSA) is 61.4 Å². The highest BCUT2D eigenvalue weighted by Crippen LogP contribution is 2.41. The van der Waals surface area contributed by atoms with Gasteiger partial charge in [-0.25, -0.2) is 0 Å². The monoisotopic (exact) mass is 596 g/mol. The van der Waals surface area contributed by atoms with Crippen LogP contribution in [0.2, 0.25) is 20.1 Å². The molecule has 4 nitrogen and oxygen atoms in total. The van der Waals surface area contributed by atoms with E-state index in [2.05, 4.69) is 5.32 Å². The first kappa shape index (κ1) is 30.5. The summed E-state index contributed by atoms with van der Waals surface area (Å²) in [6.07, 6.45) is -11.6. The number of amides is 1. The maximum Gasteiger partial charge on any atom is 0.399 e. The molecule has 2 aromatic rings. The lowest BCUT2D eigenvalue weighted by Gasteiger charge is -2.21. The van der Waals surface area contributed by atoms with Gasteiger partial charge in [0, 0.05) is 10.6 Å². The summed E-state index contributed by atoms with van der Waals surface area (Å²) < 4.78 is 77.9. The molecular formula is C22H18Cl4F6N2O2. The fraction of sp³-hybridized carbons (Fsp3) is 0.318. The van der Waals surface area contributed by atoms with Gasteiger partial charge < -0.3 is 10.4 Å². The lowest BCUT2D eigenvalue weighted by Crippen LogP contribution is -2.45. The Labute approximate surface area is 222 Å². The van der Waals surface area contributed by atoms with Crippen molar-refractivity contribution in [1.82, 2.24) is 10.6 Å². The van der Waals surface area contributed by atoms with E-state index in [1.807, 2.05) is 5.32 Å². The van der Waals surface area contributed by atoms with Crippen molar-refractivity contribution >= 4 is 58.4 Å². The predicted octanol–water partition coefficient (Wildman–Crippen LogP) is 7.65. The van der Waals surface area contributed by atoms with Gasteiger partial charge in [-0.05, 0) is 36.2 Å². The van der Waals surface area contributed by atoms with Crippen molar-refractivity contribution < 1.29 is 36.2 Å². The van der Waals surface area contributed by atoms with Crippen LogP contribution in [0.5, 0.6) is 0 Å². The van der Waals surface area contributed by atoms with Gasteiger partial charge in [0.15, 0.2) is 0 Å². The minimum atomic E-state index is -4.69. The zero-order chi connectivity index (χ0) is 27.4. The number of nitrogens with one attached hydrogen (secondary N) is 2. The molecular weight excluding hydrogens is 580 g/mol. The number of aliphatic hydroxyl groups is 1. The Kier molecular flexibility index (Phi) is 10.4. The minimum absolute atomic E-state index is 0.0490. The van der Waals surface area contributed by atoms with E-state index >= 15 is 0 Å². The molecule has 0 spiro atoms. The normalized spacial score (nSPS) is 15.1. The summed E-state index contributed by atoms with van der Waals surface area (Å²) in [6.45, 7) is 1.30. The lowest BCUT2D eigenvalue weighted by atomic mass is 9.97. The van der Waals surface area contributed by atoms with E-state index in [0.29, 0.717) is 0 Å². The van der Waals surface area contributed by atoms with E-state index in [4.69, 9.17) is 46.4 Å². The molecule has 0 aliphatic rings. The van der Waals surface area contributed by atoms with Gasteiger partial charge in [-0.1, -0.05) is 70.7 Å². The highest BCUT2D eigenvalue weighted by Gasteiger charge is 2.39. The number of aliphatic hydroxyl groups excluding tert-OH is 1. The van der Waals surface area contributed by atoms with Crippen molar-refractivity contribution in [2.45, 2.75) is 44.0 Å². The third-order valence-electron chi connectivity index (χ3n) is 4.66. The average Bonchev–Trinajstić information content (AvgIpc) is 2.69. The molecule has 2 unspecified atom stereocenters. The summed E-state index contributed by atoms with van der Waals surface area (Å²) in [4.78, 5) is 11.4. The van der Waals surface area contributed by atoms with E-state index in [-0.39, 0.29) is 36.8 Å². The quantitative estimate of drug-likeness (QED) is 0.166. The number of allylic oxidation sites excluding steroid dienone is 1. The molecule has 0 bridgehead atoms. The van der Waals surface area contributed by atoms with Crippen LogP contribution in [0.3, 0.4) is 0 Å². The predicted molar refractivity (Wildman–Crippen MR) is 127 cm³/mol. The highest BCUT2D eigenvalue weighted by molar-refractivity contribution is 6.48. The number of carbonyl (C=O) groups is 1. The molecule has 0 aliphatic carbocycles. The molecule has 0 aromatic heterocycles. The molecule has 0 aliphatic heterocycles. The smallest absolute Gasteiger partial charge is 0.374 e. The Morgan fingerprint density at radius 1 is 1.00 bits per heavy atom. The van der Waals surface area contributed by atoms with Gasteiger partial charge in [0.05, 0.1) is 27.2 Å². The van der Waals surface area contributed by atoms with Crippen molar-refractivity contribution in [2.75, 3.05) is 0 Å². The lowest BCUT2D eigenvalue weighted by molar-refractivity contribution is -0.154. The second-order valence-corrected chi connectivity index (χ2v) is 9.21. The molecule has 2 aromatic carbocycles. The van der Waals surface area contributed by atoms with Crippen molar-refractivity contribution in [3.05, 3.63) is 73.2 Å². The Morgan fingerprint density at radius 2 is 1.58 bits per heavy atom. The SMILES string of the molecule is C[C@H](NC(=O)CC(F)(F)F)NC(O)c1ccc(/C=C/C(c2cc(Cl)c(Cl)c(Cl)c2)C(F)(F)F)cc1Cl. The van der Waals surface area contributed by atoms with Gasteiger partial charge in [-0.3, -0.25) is 10.1 Å². The molecule has 0 saturated heterocycles. The maximum atomic E-state index is 13.7. The third kappa shape index (κ3) is 9.00. The summed E-state index contributed by atoms with van der Waals surface area (Å²) in [5.41, 5.74) is 0.0966. The first-order valence-electron chi connectivity index (χ1n) is 9.97. The van der Waals surface area contributed by atoms with Crippen LogP contribution in [0.1, 0.15) is 42.2 Å². The van der Waals surface area contributed by atoms with Gasteiger partial charge in [0.2, 0.25) is 5.91 Å². The van der Waals surface area contributed by atoms with Gasteiger partial charge in [-0.15, -0.1) is 0 Å². The zero-order valence-electron chi connectivity index (χ0n) is 18.1. The van der Waals surface area contributed by atoms with Crippen LogP contribution in [0.15, 0.2) is 36.4 Å². The number of benzene rings is 2. The summed E-state index contributed by atoms with van der Waals surface area (Å²) >= 11 is 23.7. The minimum Gasteiger partial charge on any atom is -0.374 e. The Balaban J connectivity index is 2.17. The zero-order valence-corrected chi connectivity index (χ0v) is 21.1. The number of halogens is 10. The number of hydrogen-bond acceptors (Lipinski definition) is 3. The molecule has 198 valence electrons. The number of carbonyl (C=O) groups excluding carboxylic acids is 1. The molecule has 0 saturated carbocycles. The number of alkyl halides is 6. The molecule has 0 heterocycles. The molecule has 2 rings (SSSR count). The molecule has 36 heavy (non-hydrogen) atoms. The van der Waals surface area contributed by atoms with Crippen molar-refractivity contribution in [2.24, 2.45) is 0 Å². The Hall–Kier alpha value is -1.69. The second-order valence-electron chi connectivity index (χ2n) is 7.61. The fourth-order valence-corrected chi connectivity index (χ4v) is 3.99. The molecule has 3 N–H and O–H groups in total. The molecule has 14 heteroatoms. The third-order valence-corrected chi connectivity index (χ3v) is 6.19. The summed E-state index contributed by atoms with van der Waals surface area (Å²) in [5, 5.41) is 14.4. The van der Waals surface area contributed by atoms with Crippen LogP contribution in [-0.4, -0.2) is 29.5 Å². The largest absolute Gasteiger partial charge is 0.399 e. The van der Waals surface area contributed by atoms with Crippen LogP contribution in [0, 0.1) is 0 Å². The first-order chi connectivity index (χ1) is 16.5. The van der Waals surface area contributed by atoms with Crippen LogP contribution < -0.4 is 10.6 Å². The number of rotatable bonds is 8. The Bertz CT molecular complexity index is 1100. The van der Waals surface area contributed by atoms with Crippen LogP contribution in [0.25, 0.3) is 6.08 Å². The first-order valence-corrected chi connectivity index (χ1v) is 11.5. The van der Waals surface area contributed by atoms with E-state index in [1.54, 1.807) is 0 Å². The van der Waals surface area contributed by atoms with E-state index in [9.17, 15) is 36.2 Å². The standard InChI is InChI=1S/C22H18Cl4F6N2O2/c1-10(33-18(35)9-21(27,28)29)34-20(36)13-4-2-11(6-15(13)23)3-5-14(22(30,31)32)12-7-16(24)19(26)17(25)8-12/h2-8,10,14,20,34,36H,9H2,1H3,(H,33,35)/b5-3+/t10-,14?,20?/m1/s1.